The van der Waals surface area contributed by atoms with E-state index in [2.05, 4.69) is 0 Å². The van der Waals surface area contributed by atoms with Gasteiger partial charge < -0.3 is 15.3 Å². The van der Waals surface area contributed by atoms with Crippen molar-refractivity contribution in [2.24, 2.45) is 5.92 Å². The van der Waals surface area contributed by atoms with E-state index in [1.165, 1.54) is 0 Å². The number of aromatic nitrogens is 1. The average Bonchev–Trinajstić information content (AvgIpc) is 2.77. The van der Waals surface area contributed by atoms with Crippen molar-refractivity contribution in [1.82, 2.24) is 4.57 Å². The van der Waals surface area contributed by atoms with Crippen LogP contribution >= 0.6 is 0 Å². The zero-order chi connectivity index (χ0) is 14.3. The fourth-order valence-corrected chi connectivity index (χ4v) is 2.77. The van der Waals surface area contributed by atoms with E-state index in [0.29, 0.717) is 36.9 Å². The number of benzene rings is 1. The first-order chi connectivity index (χ1) is 9.58. The van der Waals surface area contributed by atoms with Gasteiger partial charge in [0.15, 0.2) is 5.58 Å². The molecule has 6 nitrogen and oxygen atoms in total. The van der Waals surface area contributed by atoms with Crippen LogP contribution in [0, 0.1) is 5.92 Å². The molecule has 1 aromatic heterocycles. The van der Waals surface area contributed by atoms with Crippen LogP contribution in [0.5, 0.6) is 0 Å². The van der Waals surface area contributed by atoms with Crippen molar-refractivity contribution in [2.45, 2.75) is 31.8 Å². The van der Waals surface area contributed by atoms with Crippen LogP contribution in [0.15, 0.2) is 27.4 Å². The van der Waals surface area contributed by atoms with Gasteiger partial charge in [0.25, 0.3) is 0 Å². The van der Waals surface area contributed by atoms with Gasteiger partial charge in [-0.05, 0) is 37.8 Å². The number of para-hydroxylation sites is 1. The van der Waals surface area contributed by atoms with Gasteiger partial charge in [0.1, 0.15) is 5.52 Å². The van der Waals surface area contributed by atoms with Crippen molar-refractivity contribution in [3.63, 3.8) is 0 Å². The molecule has 0 amide bonds. The molecular formula is C14H16N2O4. The van der Waals surface area contributed by atoms with E-state index >= 15 is 0 Å². The Morgan fingerprint density at radius 2 is 2.00 bits per heavy atom. The van der Waals surface area contributed by atoms with E-state index in [4.69, 9.17) is 10.2 Å². The third-order valence-corrected chi connectivity index (χ3v) is 3.90. The van der Waals surface area contributed by atoms with Gasteiger partial charge in [0, 0.05) is 5.92 Å². The maximum absolute atomic E-state index is 12.5. The Kier molecular flexibility index (Phi) is 3.10. The number of carbonyl (C=O) groups is 1. The number of fused-ring (bicyclic) bond motifs is 1. The summed E-state index contributed by atoms with van der Waals surface area (Å²) in [6.45, 7) is 0. The van der Waals surface area contributed by atoms with Gasteiger partial charge in [0.2, 0.25) is 5.91 Å². The van der Waals surface area contributed by atoms with Crippen LogP contribution in [0.25, 0.3) is 11.1 Å². The standard InChI is InChI=1S/C14H16N2O4/c15-10-2-1-3-11-12(10)20-14(19)16(11)13(18)8-4-6-9(17)7-5-8/h1-3,8-9,17H,4-7,15H2. The maximum atomic E-state index is 12.5. The molecule has 0 radical (unpaired) electrons. The van der Waals surface area contributed by atoms with E-state index < -0.39 is 5.76 Å². The Labute approximate surface area is 114 Å². The van der Waals surface area contributed by atoms with Gasteiger partial charge in [-0.2, -0.15) is 0 Å². The molecule has 1 aliphatic carbocycles. The number of aliphatic hydroxyl groups excluding tert-OH is 1. The number of hydrogen-bond donors (Lipinski definition) is 2. The molecule has 0 aliphatic heterocycles. The number of nitrogens with two attached hydrogens (primary N) is 1. The number of rotatable bonds is 1. The lowest BCUT2D eigenvalue weighted by atomic mass is 9.87. The van der Waals surface area contributed by atoms with Crippen LogP contribution in [0.2, 0.25) is 0 Å². The third-order valence-electron chi connectivity index (χ3n) is 3.90. The quantitative estimate of drug-likeness (QED) is 0.766. The van der Waals surface area contributed by atoms with E-state index in [9.17, 15) is 14.7 Å². The number of aliphatic hydroxyl groups is 1. The smallest absolute Gasteiger partial charge is 0.405 e. The topological polar surface area (TPSA) is 98.5 Å². The molecule has 3 rings (SSSR count). The summed E-state index contributed by atoms with van der Waals surface area (Å²) >= 11 is 0. The molecule has 1 saturated carbocycles. The zero-order valence-electron chi connectivity index (χ0n) is 10.9. The maximum Gasteiger partial charge on any atom is 0.426 e. The molecule has 1 heterocycles. The number of hydrogen-bond acceptors (Lipinski definition) is 5. The highest BCUT2D eigenvalue weighted by atomic mass is 16.4. The summed E-state index contributed by atoms with van der Waals surface area (Å²) in [5.41, 5.74) is 6.74. The Morgan fingerprint density at radius 3 is 2.70 bits per heavy atom. The van der Waals surface area contributed by atoms with E-state index in [1.54, 1.807) is 18.2 Å². The van der Waals surface area contributed by atoms with E-state index in [1.807, 2.05) is 0 Å². The molecule has 0 spiro atoms. The minimum Gasteiger partial charge on any atom is -0.405 e. The van der Waals surface area contributed by atoms with Crippen LogP contribution in [0.4, 0.5) is 5.69 Å². The fourth-order valence-electron chi connectivity index (χ4n) is 2.77. The first kappa shape index (κ1) is 12.9. The zero-order valence-corrected chi connectivity index (χ0v) is 10.9. The molecule has 3 N–H and O–H groups in total. The highest BCUT2D eigenvalue weighted by Crippen LogP contribution is 2.27. The molecule has 0 saturated heterocycles. The number of carbonyl (C=O) groups excluding carboxylic acids is 1. The van der Waals surface area contributed by atoms with Gasteiger partial charge in [-0.3, -0.25) is 4.79 Å². The molecule has 6 heteroatoms. The SMILES string of the molecule is Nc1cccc2c1oc(=O)n2C(=O)C1CCC(O)CC1. The van der Waals surface area contributed by atoms with Gasteiger partial charge in [-0.25, -0.2) is 9.36 Å². The van der Waals surface area contributed by atoms with Gasteiger partial charge >= 0.3 is 5.76 Å². The van der Waals surface area contributed by atoms with Crippen LogP contribution in [0.1, 0.15) is 30.5 Å². The second-order valence-electron chi connectivity index (χ2n) is 5.24. The van der Waals surface area contributed by atoms with Crippen LogP contribution in [0.3, 0.4) is 0 Å². The second-order valence-corrected chi connectivity index (χ2v) is 5.24. The van der Waals surface area contributed by atoms with Crippen LogP contribution < -0.4 is 11.5 Å². The summed E-state index contributed by atoms with van der Waals surface area (Å²) in [6.07, 6.45) is 2.00. The summed E-state index contributed by atoms with van der Waals surface area (Å²) in [5.74, 6) is -1.22. The summed E-state index contributed by atoms with van der Waals surface area (Å²) in [6, 6.07) is 4.95. The molecule has 2 aromatic rings. The van der Waals surface area contributed by atoms with Crippen molar-refractivity contribution in [3.05, 3.63) is 28.7 Å². The summed E-state index contributed by atoms with van der Waals surface area (Å²) in [5, 5.41) is 9.49. The highest BCUT2D eigenvalue weighted by molar-refractivity contribution is 5.94. The lowest BCUT2D eigenvalue weighted by Gasteiger charge is -2.23. The lowest BCUT2D eigenvalue weighted by molar-refractivity contribution is 0.0684. The van der Waals surface area contributed by atoms with Gasteiger partial charge in [-0.1, -0.05) is 6.07 Å². The largest absolute Gasteiger partial charge is 0.426 e. The Morgan fingerprint density at radius 1 is 1.30 bits per heavy atom. The molecule has 1 aliphatic rings. The predicted molar refractivity (Wildman–Crippen MR) is 73.5 cm³/mol. The minimum atomic E-state index is -0.700. The summed E-state index contributed by atoms with van der Waals surface area (Å²) in [7, 11) is 0. The molecular weight excluding hydrogens is 260 g/mol. The van der Waals surface area contributed by atoms with Crippen LogP contribution in [-0.4, -0.2) is 21.7 Å². The second kappa shape index (κ2) is 4.79. The molecule has 20 heavy (non-hydrogen) atoms. The number of oxazole rings is 1. The summed E-state index contributed by atoms with van der Waals surface area (Å²) in [4.78, 5) is 24.4. The Hall–Kier alpha value is -2.08. The van der Waals surface area contributed by atoms with Crippen molar-refractivity contribution < 1.29 is 14.3 Å². The minimum absolute atomic E-state index is 0.252. The lowest BCUT2D eigenvalue weighted by Crippen LogP contribution is -2.32. The average molecular weight is 276 g/mol. The fraction of sp³-hybridized carbons (Fsp3) is 0.429. The predicted octanol–water partition coefficient (Wildman–Crippen LogP) is 1.37. The van der Waals surface area contributed by atoms with Crippen molar-refractivity contribution in [3.8, 4) is 0 Å². The number of anilines is 1. The molecule has 0 atom stereocenters. The molecule has 0 bridgehead atoms. The van der Waals surface area contributed by atoms with E-state index in [0.717, 1.165) is 4.57 Å². The molecule has 106 valence electrons. The molecule has 1 fully saturated rings. The first-order valence-corrected chi connectivity index (χ1v) is 6.70. The van der Waals surface area contributed by atoms with E-state index in [-0.39, 0.29) is 23.5 Å². The Bertz CT molecular complexity index is 708. The first-order valence-electron chi connectivity index (χ1n) is 6.70. The third kappa shape index (κ3) is 2.02. The number of nitrogen functional groups attached to an aromatic ring is 1. The van der Waals surface area contributed by atoms with Crippen LogP contribution in [-0.2, 0) is 0 Å². The highest BCUT2D eigenvalue weighted by Gasteiger charge is 2.29. The monoisotopic (exact) mass is 276 g/mol. The van der Waals surface area contributed by atoms with Crippen molar-refractivity contribution in [2.75, 3.05) is 5.73 Å². The molecule has 1 aromatic carbocycles. The normalized spacial score (nSPS) is 23.1. The Balaban J connectivity index is 2.02. The number of nitrogens with zero attached hydrogens (tertiary/aromatic N) is 1. The van der Waals surface area contributed by atoms with Gasteiger partial charge in [0.05, 0.1) is 11.8 Å². The van der Waals surface area contributed by atoms with Crippen molar-refractivity contribution in [1.29, 1.82) is 0 Å². The molecule has 0 unspecified atom stereocenters. The van der Waals surface area contributed by atoms with Gasteiger partial charge in [-0.15, -0.1) is 0 Å². The summed E-state index contributed by atoms with van der Waals surface area (Å²) < 4.78 is 6.14. The van der Waals surface area contributed by atoms with Crippen molar-refractivity contribution >= 4 is 22.7 Å².